The van der Waals surface area contributed by atoms with Crippen molar-refractivity contribution in [1.82, 2.24) is 5.32 Å². The Hall–Kier alpha value is -1.92. The van der Waals surface area contributed by atoms with Crippen LogP contribution < -0.4 is 5.32 Å². The number of fused-ring (bicyclic) bond motifs is 1. The van der Waals surface area contributed by atoms with Gasteiger partial charge in [-0.1, -0.05) is 12.1 Å². The first-order chi connectivity index (χ1) is 9.99. The second-order valence-electron chi connectivity index (χ2n) is 5.39. The highest BCUT2D eigenvalue weighted by Gasteiger charge is 2.35. The average Bonchev–Trinajstić information content (AvgIpc) is 2.95. The van der Waals surface area contributed by atoms with E-state index in [0.29, 0.717) is 23.8 Å². The third-order valence-electron chi connectivity index (χ3n) is 4.02. The Bertz CT molecular complexity index is 696. The van der Waals surface area contributed by atoms with E-state index >= 15 is 0 Å². The Morgan fingerprint density at radius 2 is 2.14 bits per heavy atom. The van der Waals surface area contributed by atoms with Gasteiger partial charge in [0.1, 0.15) is 6.10 Å². The molecule has 112 valence electrons. The van der Waals surface area contributed by atoms with Gasteiger partial charge in [-0.25, -0.2) is 4.39 Å². The third kappa shape index (κ3) is 2.30. The highest BCUT2D eigenvalue weighted by molar-refractivity contribution is 5.99. The van der Waals surface area contributed by atoms with Crippen molar-refractivity contribution in [3.05, 3.63) is 35.3 Å². The summed E-state index contributed by atoms with van der Waals surface area (Å²) < 4.78 is 19.0. The number of amides is 1. The molecule has 3 rings (SSSR count). The van der Waals surface area contributed by atoms with Crippen molar-refractivity contribution >= 4 is 16.9 Å². The molecule has 0 unspecified atom stereocenters. The van der Waals surface area contributed by atoms with Crippen molar-refractivity contribution in [1.29, 1.82) is 0 Å². The Kier molecular flexibility index (Phi) is 3.43. The third-order valence-corrected chi connectivity index (χ3v) is 4.02. The van der Waals surface area contributed by atoms with Gasteiger partial charge in [0.2, 0.25) is 0 Å². The van der Waals surface area contributed by atoms with Crippen molar-refractivity contribution in [2.75, 3.05) is 0 Å². The fourth-order valence-corrected chi connectivity index (χ4v) is 2.78. The number of aliphatic hydroxyl groups excluding tert-OH is 2. The van der Waals surface area contributed by atoms with Crippen LogP contribution >= 0.6 is 0 Å². The number of nitrogens with one attached hydrogen (secondary N) is 1. The van der Waals surface area contributed by atoms with E-state index < -0.39 is 30.0 Å². The molecule has 1 aliphatic rings. The summed E-state index contributed by atoms with van der Waals surface area (Å²) in [5.74, 6) is -1.00. The minimum absolute atomic E-state index is 0.0312. The van der Waals surface area contributed by atoms with E-state index in [1.54, 1.807) is 19.1 Å². The molecule has 21 heavy (non-hydrogen) atoms. The van der Waals surface area contributed by atoms with Gasteiger partial charge in [-0.3, -0.25) is 4.79 Å². The van der Waals surface area contributed by atoms with Crippen LogP contribution in [0.15, 0.2) is 22.6 Å². The van der Waals surface area contributed by atoms with Gasteiger partial charge < -0.3 is 19.9 Å². The molecular weight excluding hydrogens is 277 g/mol. The maximum atomic E-state index is 13.7. The molecular formula is C15H16FNO4. The molecule has 0 radical (unpaired) electrons. The van der Waals surface area contributed by atoms with E-state index in [4.69, 9.17) is 4.42 Å². The fourth-order valence-electron chi connectivity index (χ4n) is 2.78. The lowest BCUT2D eigenvalue weighted by Crippen LogP contribution is -2.43. The normalized spacial score (nSPS) is 25.4. The molecule has 0 spiro atoms. The molecule has 1 aliphatic carbocycles. The van der Waals surface area contributed by atoms with Crippen molar-refractivity contribution in [3.63, 3.8) is 0 Å². The Balaban J connectivity index is 1.88. The van der Waals surface area contributed by atoms with Crippen LogP contribution in [0.2, 0.25) is 0 Å². The number of aryl methyl sites for hydroxylation is 1. The number of hydrogen-bond acceptors (Lipinski definition) is 4. The minimum Gasteiger partial charge on any atom is -0.448 e. The van der Waals surface area contributed by atoms with Crippen LogP contribution in [0.25, 0.3) is 11.0 Å². The molecule has 5 nitrogen and oxygen atoms in total. The van der Waals surface area contributed by atoms with Gasteiger partial charge in [0.05, 0.1) is 12.1 Å². The van der Waals surface area contributed by atoms with Crippen LogP contribution in [0.5, 0.6) is 0 Å². The molecule has 0 aliphatic heterocycles. The summed E-state index contributed by atoms with van der Waals surface area (Å²) >= 11 is 0. The zero-order valence-corrected chi connectivity index (χ0v) is 11.5. The molecule has 1 heterocycles. The van der Waals surface area contributed by atoms with Crippen LogP contribution in [0.4, 0.5) is 4.39 Å². The number of carbonyl (C=O) groups is 1. The van der Waals surface area contributed by atoms with Crippen LogP contribution in [-0.2, 0) is 0 Å². The van der Waals surface area contributed by atoms with E-state index in [-0.39, 0.29) is 11.3 Å². The molecule has 1 fully saturated rings. The predicted molar refractivity (Wildman–Crippen MR) is 73.4 cm³/mol. The number of hydrogen-bond donors (Lipinski definition) is 3. The van der Waals surface area contributed by atoms with Gasteiger partial charge >= 0.3 is 0 Å². The largest absolute Gasteiger partial charge is 0.448 e. The van der Waals surface area contributed by atoms with Gasteiger partial charge in [0.25, 0.3) is 5.91 Å². The summed E-state index contributed by atoms with van der Waals surface area (Å²) in [5.41, 5.74) is 0.599. The van der Waals surface area contributed by atoms with Gasteiger partial charge in [0.15, 0.2) is 17.2 Å². The summed E-state index contributed by atoms with van der Waals surface area (Å²) in [6.07, 6.45) is -0.901. The molecule has 3 atom stereocenters. The lowest BCUT2D eigenvalue weighted by molar-refractivity contribution is 0.0293. The minimum atomic E-state index is -0.990. The first-order valence-corrected chi connectivity index (χ1v) is 6.83. The molecule has 1 saturated carbocycles. The number of benzene rings is 1. The molecule has 2 aromatic rings. The molecule has 6 heteroatoms. The topological polar surface area (TPSA) is 82.7 Å². The number of aliphatic hydroxyl groups is 2. The van der Waals surface area contributed by atoms with E-state index in [0.717, 1.165) is 0 Å². The fraction of sp³-hybridized carbons (Fsp3) is 0.400. The first kappa shape index (κ1) is 14.0. The summed E-state index contributed by atoms with van der Waals surface area (Å²) in [7, 11) is 0. The van der Waals surface area contributed by atoms with Gasteiger partial charge in [-0.15, -0.1) is 0 Å². The second-order valence-corrected chi connectivity index (χ2v) is 5.39. The molecule has 0 bridgehead atoms. The van der Waals surface area contributed by atoms with E-state index in [1.807, 2.05) is 0 Å². The maximum absolute atomic E-state index is 13.7. The number of furan rings is 1. The van der Waals surface area contributed by atoms with Crippen molar-refractivity contribution < 1.29 is 23.8 Å². The van der Waals surface area contributed by atoms with E-state index in [2.05, 4.69) is 5.32 Å². The number of halogens is 1. The van der Waals surface area contributed by atoms with Crippen LogP contribution in [-0.4, -0.2) is 34.4 Å². The lowest BCUT2D eigenvalue weighted by Gasteiger charge is -2.17. The summed E-state index contributed by atoms with van der Waals surface area (Å²) in [5, 5.41) is 22.4. The van der Waals surface area contributed by atoms with Gasteiger partial charge in [0, 0.05) is 10.9 Å². The van der Waals surface area contributed by atoms with Gasteiger partial charge in [-0.2, -0.15) is 0 Å². The molecule has 3 N–H and O–H groups in total. The summed E-state index contributed by atoms with van der Waals surface area (Å²) in [6, 6.07) is 3.98. The zero-order valence-electron chi connectivity index (χ0n) is 11.5. The van der Waals surface area contributed by atoms with Crippen LogP contribution in [0.1, 0.15) is 29.0 Å². The quantitative estimate of drug-likeness (QED) is 0.783. The summed E-state index contributed by atoms with van der Waals surface area (Å²) in [6.45, 7) is 1.68. The van der Waals surface area contributed by atoms with E-state index in [9.17, 15) is 19.4 Å². The first-order valence-electron chi connectivity index (χ1n) is 6.83. The standard InChI is InChI=1S/C15H16FNO4/c1-7-8-3-2-4-9(16)14(8)21-13(7)15(20)17-10-5-6-11(18)12(10)19/h2-4,10-12,18-19H,5-6H2,1H3,(H,17,20)/t10-,11-,12-/m1/s1. The second kappa shape index (κ2) is 5.13. The van der Waals surface area contributed by atoms with Crippen molar-refractivity contribution in [2.45, 2.75) is 38.0 Å². The van der Waals surface area contributed by atoms with Gasteiger partial charge in [-0.05, 0) is 25.8 Å². The number of carbonyl (C=O) groups excluding carboxylic acids is 1. The SMILES string of the molecule is Cc1c(C(=O)N[C@@H]2CC[C@@H](O)[C@@H]2O)oc2c(F)cccc12. The molecule has 0 saturated heterocycles. The Morgan fingerprint density at radius 3 is 2.76 bits per heavy atom. The molecule has 1 aromatic carbocycles. The van der Waals surface area contributed by atoms with Crippen molar-refractivity contribution in [3.8, 4) is 0 Å². The number of para-hydroxylation sites is 1. The average molecular weight is 293 g/mol. The van der Waals surface area contributed by atoms with Crippen molar-refractivity contribution in [2.24, 2.45) is 0 Å². The highest BCUT2D eigenvalue weighted by Crippen LogP contribution is 2.28. The molecule has 1 aromatic heterocycles. The smallest absolute Gasteiger partial charge is 0.287 e. The number of rotatable bonds is 2. The highest BCUT2D eigenvalue weighted by atomic mass is 19.1. The zero-order chi connectivity index (χ0) is 15.1. The predicted octanol–water partition coefficient (Wildman–Crippen LogP) is 1.49. The monoisotopic (exact) mass is 293 g/mol. The molecule has 1 amide bonds. The lowest BCUT2D eigenvalue weighted by atomic mass is 10.1. The van der Waals surface area contributed by atoms with Crippen LogP contribution in [0, 0.1) is 12.7 Å². The van der Waals surface area contributed by atoms with E-state index in [1.165, 1.54) is 6.07 Å². The Labute approximate surface area is 120 Å². The summed E-state index contributed by atoms with van der Waals surface area (Å²) in [4.78, 5) is 12.2. The maximum Gasteiger partial charge on any atom is 0.287 e. The van der Waals surface area contributed by atoms with Crippen LogP contribution in [0.3, 0.4) is 0 Å². The Morgan fingerprint density at radius 1 is 1.38 bits per heavy atom.